The SMILES string of the molecule is CNC(=O)CN1C(=O)NC2(CCC(C)CC2)C1=O. The predicted octanol–water partition coefficient (Wildman–Crippen LogP) is 0.233. The first-order chi connectivity index (χ1) is 8.48. The third kappa shape index (κ3) is 2.07. The van der Waals surface area contributed by atoms with Crippen LogP contribution in [0.3, 0.4) is 0 Å². The van der Waals surface area contributed by atoms with Gasteiger partial charge in [0.1, 0.15) is 12.1 Å². The molecule has 6 nitrogen and oxygen atoms in total. The minimum absolute atomic E-state index is 0.196. The van der Waals surface area contributed by atoms with E-state index >= 15 is 0 Å². The lowest BCUT2D eigenvalue weighted by molar-refractivity contribution is -0.135. The maximum atomic E-state index is 12.3. The molecule has 0 bridgehead atoms. The van der Waals surface area contributed by atoms with Gasteiger partial charge in [0.2, 0.25) is 5.91 Å². The number of urea groups is 1. The fraction of sp³-hybridized carbons (Fsp3) is 0.750. The Morgan fingerprint density at radius 2 is 2.06 bits per heavy atom. The second kappa shape index (κ2) is 4.59. The Bertz CT molecular complexity index is 386. The van der Waals surface area contributed by atoms with Crippen molar-refractivity contribution < 1.29 is 14.4 Å². The zero-order chi connectivity index (χ0) is 13.3. The lowest BCUT2D eigenvalue weighted by Gasteiger charge is -2.33. The van der Waals surface area contributed by atoms with Crippen LogP contribution in [0.25, 0.3) is 0 Å². The summed E-state index contributed by atoms with van der Waals surface area (Å²) in [4.78, 5) is 36.4. The lowest BCUT2D eigenvalue weighted by Crippen LogP contribution is -2.49. The largest absolute Gasteiger partial charge is 0.358 e. The van der Waals surface area contributed by atoms with Crippen molar-refractivity contribution in [3.05, 3.63) is 0 Å². The molecule has 1 aliphatic heterocycles. The second-order valence-electron chi connectivity index (χ2n) is 5.26. The van der Waals surface area contributed by atoms with Gasteiger partial charge in [0, 0.05) is 7.05 Å². The summed E-state index contributed by atoms with van der Waals surface area (Å²) in [5.74, 6) is 0.0102. The average Bonchev–Trinajstić information content (AvgIpc) is 2.58. The van der Waals surface area contributed by atoms with E-state index in [0.29, 0.717) is 18.8 Å². The topological polar surface area (TPSA) is 78.5 Å². The fourth-order valence-corrected chi connectivity index (χ4v) is 2.64. The molecular weight excluding hydrogens is 234 g/mol. The van der Waals surface area contributed by atoms with Crippen LogP contribution in [0.15, 0.2) is 0 Å². The molecule has 0 aromatic heterocycles. The summed E-state index contributed by atoms with van der Waals surface area (Å²) in [5, 5.41) is 5.20. The predicted molar refractivity (Wildman–Crippen MR) is 64.7 cm³/mol. The van der Waals surface area contributed by atoms with Crippen LogP contribution in [0.4, 0.5) is 4.79 Å². The zero-order valence-electron chi connectivity index (χ0n) is 10.8. The Hall–Kier alpha value is -1.59. The summed E-state index contributed by atoms with van der Waals surface area (Å²) in [5.41, 5.74) is -0.752. The molecule has 1 heterocycles. The highest BCUT2D eigenvalue weighted by Crippen LogP contribution is 2.36. The summed E-state index contributed by atoms with van der Waals surface area (Å²) in [6.45, 7) is 1.95. The van der Waals surface area contributed by atoms with Gasteiger partial charge in [-0.1, -0.05) is 6.92 Å². The molecule has 1 saturated carbocycles. The van der Waals surface area contributed by atoms with Crippen molar-refractivity contribution in [1.29, 1.82) is 0 Å². The number of rotatable bonds is 2. The molecule has 2 N–H and O–H groups in total. The van der Waals surface area contributed by atoms with E-state index in [4.69, 9.17) is 0 Å². The van der Waals surface area contributed by atoms with Crippen molar-refractivity contribution in [1.82, 2.24) is 15.5 Å². The Labute approximate surface area is 106 Å². The van der Waals surface area contributed by atoms with E-state index < -0.39 is 11.6 Å². The number of nitrogens with zero attached hydrogens (tertiary/aromatic N) is 1. The highest BCUT2D eigenvalue weighted by molar-refractivity contribution is 6.09. The molecule has 0 atom stereocenters. The first kappa shape index (κ1) is 12.9. The summed E-state index contributed by atoms with van der Waals surface area (Å²) in [6.07, 6.45) is 3.20. The van der Waals surface area contributed by atoms with E-state index in [9.17, 15) is 14.4 Å². The molecule has 0 radical (unpaired) electrons. The van der Waals surface area contributed by atoms with E-state index in [-0.39, 0.29) is 18.4 Å². The fourth-order valence-electron chi connectivity index (χ4n) is 2.64. The van der Waals surface area contributed by atoms with Crippen LogP contribution >= 0.6 is 0 Å². The molecular formula is C12H19N3O3. The quantitative estimate of drug-likeness (QED) is 0.692. The van der Waals surface area contributed by atoms with Gasteiger partial charge in [-0.3, -0.25) is 14.5 Å². The molecule has 4 amide bonds. The van der Waals surface area contributed by atoms with E-state index in [0.717, 1.165) is 17.7 Å². The van der Waals surface area contributed by atoms with Crippen LogP contribution in [-0.2, 0) is 9.59 Å². The number of amides is 4. The molecule has 0 aromatic rings. The van der Waals surface area contributed by atoms with Gasteiger partial charge in [-0.2, -0.15) is 0 Å². The van der Waals surface area contributed by atoms with E-state index in [1.54, 1.807) is 0 Å². The molecule has 1 saturated heterocycles. The molecule has 0 aromatic carbocycles. The number of likely N-dealkylation sites (N-methyl/N-ethyl adjacent to an activating group) is 1. The Morgan fingerprint density at radius 1 is 1.44 bits per heavy atom. The van der Waals surface area contributed by atoms with Crippen molar-refractivity contribution in [2.45, 2.75) is 38.1 Å². The minimum atomic E-state index is -0.752. The van der Waals surface area contributed by atoms with Crippen LogP contribution < -0.4 is 10.6 Å². The average molecular weight is 253 g/mol. The van der Waals surface area contributed by atoms with E-state index in [2.05, 4.69) is 17.6 Å². The number of imide groups is 1. The molecule has 1 aliphatic carbocycles. The van der Waals surface area contributed by atoms with Crippen molar-refractivity contribution in [2.24, 2.45) is 5.92 Å². The monoisotopic (exact) mass is 253 g/mol. The number of hydrogen-bond donors (Lipinski definition) is 2. The molecule has 18 heavy (non-hydrogen) atoms. The summed E-state index contributed by atoms with van der Waals surface area (Å²) >= 11 is 0. The maximum Gasteiger partial charge on any atom is 0.325 e. The highest BCUT2D eigenvalue weighted by Gasteiger charge is 2.52. The molecule has 2 fully saturated rings. The van der Waals surface area contributed by atoms with Crippen molar-refractivity contribution >= 4 is 17.8 Å². The number of hydrogen-bond acceptors (Lipinski definition) is 3. The third-order valence-corrected chi connectivity index (χ3v) is 3.95. The van der Waals surface area contributed by atoms with Crippen LogP contribution in [0.1, 0.15) is 32.6 Å². The van der Waals surface area contributed by atoms with Gasteiger partial charge in [0.25, 0.3) is 5.91 Å². The Morgan fingerprint density at radius 3 is 2.61 bits per heavy atom. The van der Waals surface area contributed by atoms with Gasteiger partial charge >= 0.3 is 6.03 Å². The number of carbonyl (C=O) groups is 3. The summed E-state index contributed by atoms with van der Waals surface area (Å²) in [7, 11) is 1.48. The van der Waals surface area contributed by atoms with E-state index in [1.165, 1.54) is 7.05 Å². The normalized spacial score (nSPS) is 31.7. The summed E-state index contributed by atoms with van der Waals surface area (Å²) in [6, 6.07) is -0.446. The molecule has 100 valence electrons. The molecule has 2 rings (SSSR count). The zero-order valence-corrected chi connectivity index (χ0v) is 10.8. The molecule has 1 spiro atoms. The van der Waals surface area contributed by atoms with Gasteiger partial charge in [0.05, 0.1) is 0 Å². The van der Waals surface area contributed by atoms with Crippen molar-refractivity contribution in [3.8, 4) is 0 Å². The van der Waals surface area contributed by atoms with Gasteiger partial charge in [-0.15, -0.1) is 0 Å². The summed E-state index contributed by atoms with van der Waals surface area (Å²) < 4.78 is 0. The number of carbonyl (C=O) groups excluding carboxylic acids is 3. The van der Waals surface area contributed by atoms with Crippen LogP contribution in [-0.4, -0.2) is 41.9 Å². The lowest BCUT2D eigenvalue weighted by atomic mass is 9.77. The van der Waals surface area contributed by atoms with Gasteiger partial charge in [-0.05, 0) is 31.6 Å². The van der Waals surface area contributed by atoms with Crippen molar-refractivity contribution in [2.75, 3.05) is 13.6 Å². The standard InChI is InChI=1S/C12H19N3O3/c1-8-3-5-12(6-4-8)10(17)15(11(18)14-12)7-9(16)13-2/h8H,3-7H2,1-2H3,(H,13,16)(H,14,18). The van der Waals surface area contributed by atoms with Crippen LogP contribution in [0.2, 0.25) is 0 Å². The Kier molecular flexibility index (Phi) is 3.28. The Balaban J connectivity index is 2.11. The first-order valence-electron chi connectivity index (χ1n) is 6.33. The van der Waals surface area contributed by atoms with Crippen LogP contribution in [0, 0.1) is 5.92 Å². The smallest absolute Gasteiger partial charge is 0.325 e. The maximum absolute atomic E-state index is 12.3. The second-order valence-corrected chi connectivity index (χ2v) is 5.26. The molecule has 2 aliphatic rings. The van der Waals surface area contributed by atoms with Crippen molar-refractivity contribution in [3.63, 3.8) is 0 Å². The molecule has 6 heteroatoms. The van der Waals surface area contributed by atoms with Gasteiger partial charge < -0.3 is 10.6 Å². The number of nitrogens with one attached hydrogen (secondary N) is 2. The first-order valence-corrected chi connectivity index (χ1v) is 6.33. The van der Waals surface area contributed by atoms with E-state index in [1.807, 2.05) is 0 Å². The highest BCUT2D eigenvalue weighted by atomic mass is 16.2. The van der Waals surface area contributed by atoms with Crippen LogP contribution in [0.5, 0.6) is 0 Å². The third-order valence-electron chi connectivity index (χ3n) is 3.95. The van der Waals surface area contributed by atoms with Gasteiger partial charge in [0.15, 0.2) is 0 Å². The molecule has 0 unspecified atom stereocenters. The van der Waals surface area contributed by atoms with Gasteiger partial charge in [-0.25, -0.2) is 4.79 Å². The minimum Gasteiger partial charge on any atom is -0.358 e.